The molecule has 0 saturated carbocycles. The molecule has 1 fully saturated rings. The van der Waals surface area contributed by atoms with E-state index in [0.29, 0.717) is 22.4 Å². The molecule has 1 aliphatic heterocycles. The van der Waals surface area contributed by atoms with E-state index in [9.17, 15) is 0 Å². The minimum Gasteiger partial charge on any atom is -0.491 e. The number of hydrogen-bond donors (Lipinski definition) is 0. The second kappa shape index (κ2) is 6.83. The standard InChI is InChI=1S/C15H21Cl2NO/c1-11-8-12(2)10-18(9-11)6-7-19-14-5-3-4-13(16)15(14)17/h3-5,11-12H,6-10H2,1-2H3/t11-,12-/m0/s1. The average Bonchev–Trinajstić information content (AvgIpc) is 2.33. The van der Waals surface area contributed by atoms with Crippen LogP contribution in [0.3, 0.4) is 0 Å². The number of rotatable bonds is 4. The van der Waals surface area contributed by atoms with Crippen molar-refractivity contribution in [2.75, 3.05) is 26.2 Å². The summed E-state index contributed by atoms with van der Waals surface area (Å²) in [6.45, 7) is 8.56. The first-order valence-corrected chi connectivity index (χ1v) is 7.61. The van der Waals surface area contributed by atoms with Crippen molar-refractivity contribution in [2.45, 2.75) is 20.3 Å². The van der Waals surface area contributed by atoms with Gasteiger partial charge in [-0.3, -0.25) is 4.90 Å². The van der Waals surface area contributed by atoms with Crippen molar-refractivity contribution in [3.8, 4) is 5.75 Å². The molecule has 0 bridgehead atoms. The SMILES string of the molecule is C[C@H]1C[C@H](C)CN(CCOc2cccc(Cl)c2Cl)C1. The molecule has 1 saturated heterocycles. The van der Waals surface area contributed by atoms with Crippen molar-refractivity contribution < 1.29 is 4.74 Å². The zero-order valence-corrected chi connectivity index (χ0v) is 13.0. The maximum absolute atomic E-state index is 6.09. The first kappa shape index (κ1) is 15.0. The third-order valence-corrected chi connectivity index (χ3v) is 4.33. The Balaban J connectivity index is 1.81. The summed E-state index contributed by atoms with van der Waals surface area (Å²) in [5, 5.41) is 1.05. The summed E-state index contributed by atoms with van der Waals surface area (Å²) < 4.78 is 5.73. The minimum atomic E-state index is 0.504. The van der Waals surface area contributed by atoms with Crippen LogP contribution in [0.25, 0.3) is 0 Å². The summed E-state index contributed by atoms with van der Waals surface area (Å²) in [6.07, 6.45) is 1.33. The summed E-state index contributed by atoms with van der Waals surface area (Å²) in [6, 6.07) is 5.48. The van der Waals surface area contributed by atoms with Crippen LogP contribution in [0.15, 0.2) is 18.2 Å². The van der Waals surface area contributed by atoms with Gasteiger partial charge >= 0.3 is 0 Å². The van der Waals surface area contributed by atoms with Crippen LogP contribution in [0.2, 0.25) is 10.0 Å². The highest BCUT2D eigenvalue weighted by atomic mass is 35.5. The van der Waals surface area contributed by atoms with Gasteiger partial charge in [0.25, 0.3) is 0 Å². The maximum atomic E-state index is 6.09. The molecule has 4 heteroatoms. The van der Waals surface area contributed by atoms with Gasteiger partial charge in [-0.15, -0.1) is 0 Å². The molecule has 1 aromatic rings. The number of halogens is 2. The number of hydrogen-bond acceptors (Lipinski definition) is 2. The van der Waals surface area contributed by atoms with Crippen LogP contribution >= 0.6 is 23.2 Å². The van der Waals surface area contributed by atoms with Crippen molar-refractivity contribution in [1.82, 2.24) is 4.90 Å². The molecule has 2 rings (SSSR count). The lowest BCUT2D eigenvalue weighted by Gasteiger charge is -2.34. The summed E-state index contributed by atoms with van der Waals surface area (Å²) in [4.78, 5) is 2.47. The first-order valence-electron chi connectivity index (χ1n) is 6.85. The molecule has 0 amide bonds. The zero-order chi connectivity index (χ0) is 13.8. The first-order chi connectivity index (χ1) is 9.06. The minimum absolute atomic E-state index is 0.504. The number of nitrogens with zero attached hydrogens (tertiary/aromatic N) is 1. The Labute approximate surface area is 125 Å². The zero-order valence-electron chi connectivity index (χ0n) is 11.5. The van der Waals surface area contributed by atoms with Gasteiger partial charge in [-0.25, -0.2) is 0 Å². The summed E-state index contributed by atoms with van der Waals surface area (Å²) in [5.41, 5.74) is 0. The van der Waals surface area contributed by atoms with Gasteiger partial charge in [0.05, 0.1) is 5.02 Å². The Morgan fingerprint density at radius 2 is 1.89 bits per heavy atom. The Bertz CT molecular complexity index is 415. The molecule has 2 nitrogen and oxygen atoms in total. The fraction of sp³-hybridized carbons (Fsp3) is 0.600. The van der Waals surface area contributed by atoms with Crippen molar-refractivity contribution in [1.29, 1.82) is 0 Å². The lowest BCUT2D eigenvalue weighted by molar-refractivity contribution is 0.120. The fourth-order valence-corrected chi connectivity index (χ4v) is 3.20. The number of ether oxygens (including phenoxy) is 1. The summed E-state index contributed by atoms with van der Waals surface area (Å²) in [7, 11) is 0. The number of likely N-dealkylation sites (tertiary alicyclic amines) is 1. The van der Waals surface area contributed by atoms with E-state index in [2.05, 4.69) is 18.7 Å². The third-order valence-electron chi connectivity index (χ3n) is 3.53. The third kappa shape index (κ3) is 4.27. The highest BCUT2D eigenvalue weighted by Gasteiger charge is 2.21. The van der Waals surface area contributed by atoms with E-state index in [4.69, 9.17) is 27.9 Å². The van der Waals surface area contributed by atoms with E-state index in [0.717, 1.165) is 31.5 Å². The van der Waals surface area contributed by atoms with Gasteiger partial charge in [0.2, 0.25) is 0 Å². The topological polar surface area (TPSA) is 12.5 Å². The van der Waals surface area contributed by atoms with Crippen molar-refractivity contribution in [2.24, 2.45) is 11.8 Å². The second-order valence-corrected chi connectivity index (χ2v) is 6.39. The highest BCUT2D eigenvalue weighted by Crippen LogP contribution is 2.31. The van der Waals surface area contributed by atoms with Crippen LogP contribution in [-0.4, -0.2) is 31.1 Å². The molecule has 0 aliphatic carbocycles. The van der Waals surface area contributed by atoms with Crippen molar-refractivity contribution in [3.05, 3.63) is 28.2 Å². The van der Waals surface area contributed by atoms with Crippen molar-refractivity contribution >= 4 is 23.2 Å². The normalized spacial score (nSPS) is 24.4. The Morgan fingerprint density at radius 3 is 2.58 bits per heavy atom. The van der Waals surface area contributed by atoms with Gasteiger partial charge < -0.3 is 4.74 Å². The monoisotopic (exact) mass is 301 g/mol. The summed E-state index contributed by atoms with van der Waals surface area (Å²) >= 11 is 12.0. The van der Waals surface area contributed by atoms with Crippen LogP contribution in [0.5, 0.6) is 5.75 Å². The number of benzene rings is 1. The quantitative estimate of drug-likeness (QED) is 0.820. The van der Waals surface area contributed by atoms with Crippen LogP contribution < -0.4 is 4.74 Å². The lowest BCUT2D eigenvalue weighted by Crippen LogP contribution is -2.40. The van der Waals surface area contributed by atoms with Gasteiger partial charge in [-0.1, -0.05) is 43.1 Å². The molecule has 19 heavy (non-hydrogen) atoms. The molecule has 2 atom stereocenters. The second-order valence-electron chi connectivity index (χ2n) is 5.61. The average molecular weight is 302 g/mol. The van der Waals surface area contributed by atoms with E-state index >= 15 is 0 Å². The molecule has 1 aliphatic rings. The molecule has 0 N–H and O–H groups in total. The largest absolute Gasteiger partial charge is 0.491 e. The Morgan fingerprint density at radius 1 is 1.21 bits per heavy atom. The predicted octanol–water partition coefficient (Wildman–Crippen LogP) is 4.35. The van der Waals surface area contributed by atoms with Crippen LogP contribution in [0.1, 0.15) is 20.3 Å². The fourth-order valence-electron chi connectivity index (χ4n) is 2.85. The van der Waals surface area contributed by atoms with E-state index < -0.39 is 0 Å². The molecular weight excluding hydrogens is 281 g/mol. The van der Waals surface area contributed by atoms with E-state index in [1.807, 2.05) is 12.1 Å². The van der Waals surface area contributed by atoms with E-state index in [1.165, 1.54) is 6.42 Å². The molecule has 1 aromatic carbocycles. The molecule has 0 aromatic heterocycles. The van der Waals surface area contributed by atoms with Crippen LogP contribution in [-0.2, 0) is 0 Å². The van der Waals surface area contributed by atoms with Gasteiger partial charge in [0.1, 0.15) is 17.4 Å². The Hall–Kier alpha value is -0.440. The molecule has 106 valence electrons. The van der Waals surface area contributed by atoms with Crippen LogP contribution in [0.4, 0.5) is 0 Å². The Kier molecular flexibility index (Phi) is 5.37. The van der Waals surface area contributed by atoms with Gasteiger partial charge in [-0.2, -0.15) is 0 Å². The smallest absolute Gasteiger partial charge is 0.139 e. The van der Waals surface area contributed by atoms with Crippen LogP contribution in [0, 0.1) is 11.8 Å². The van der Waals surface area contributed by atoms with Gasteiger partial charge in [0.15, 0.2) is 0 Å². The van der Waals surface area contributed by atoms with E-state index in [-0.39, 0.29) is 0 Å². The van der Waals surface area contributed by atoms with Crippen molar-refractivity contribution in [3.63, 3.8) is 0 Å². The molecule has 0 unspecified atom stereocenters. The maximum Gasteiger partial charge on any atom is 0.139 e. The lowest BCUT2D eigenvalue weighted by atomic mass is 9.92. The molecule has 0 radical (unpaired) electrons. The van der Waals surface area contributed by atoms with Gasteiger partial charge in [0, 0.05) is 19.6 Å². The highest BCUT2D eigenvalue weighted by molar-refractivity contribution is 6.42. The molecular formula is C15H21Cl2NO. The molecule has 1 heterocycles. The van der Waals surface area contributed by atoms with Gasteiger partial charge in [-0.05, 0) is 30.4 Å². The summed E-state index contributed by atoms with van der Waals surface area (Å²) in [5.74, 6) is 2.23. The predicted molar refractivity (Wildman–Crippen MR) is 81.3 cm³/mol. The number of piperidine rings is 1. The molecule has 0 spiro atoms. The van der Waals surface area contributed by atoms with E-state index in [1.54, 1.807) is 6.07 Å².